The third-order valence-corrected chi connectivity index (χ3v) is 12.0. The van der Waals surface area contributed by atoms with Crippen LogP contribution in [0.4, 0.5) is 0 Å². The summed E-state index contributed by atoms with van der Waals surface area (Å²) in [6.07, 6.45) is 42.2. The van der Waals surface area contributed by atoms with Gasteiger partial charge in [0.1, 0.15) is 6.61 Å². The quantitative estimate of drug-likeness (QED) is 0.0245. The third-order valence-electron chi connectivity index (χ3n) is 10.6. The van der Waals surface area contributed by atoms with E-state index in [9.17, 15) is 18.9 Å². The van der Waals surface area contributed by atoms with E-state index < -0.39 is 37.8 Å². The highest BCUT2D eigenvalue weighted by molar-refractivity contribution is 7.48. The fourth-order valence-electron chi connectivity index (χ4n) is 6.80. The number of esters is 2. The Hall–Kier alpha value is -2.83. The van der Waals surface area contributed by atoms with Crippen LogP contribution in [0.5, 0.6) is 0 Å². The summed E-state index contributed by atoms with van der Waals surface area (Å²) in [6, 6.07) is -0.828. The van der Waals surface area contributed by atoms with Crippen molar-refractivity contribution in [3.05, 3.63) is 42.5 Å². The van der Waals surface area contributed by atoms with Crippen LogP contribution in [-0.2, 0) is 48.4 Å². The van der Waals surface area contributed by atoms with Crippen LogP contribution in [0.1, 0.15) is 199 Å². The third kappa shape index (κ3) is 34.6. The molecule has 0 aliphatic rings. The second-order valence-corrected chi connectivity index (χ2v) is 18.2. The highest BCUT2D eigenvalue weighted by Crippen LogP contribution is 2.48. The number of phosphoric acid groups is 1. The Kier molecular flexibility index (Phi) is 37.7. The van der Waals surface area contributed by atoms with Crippen molar-refractivity contribution in [1.82, 2.24) is 15.3 Å². The number of hydrogen-bond acceptors (Lipinski definition) is 11. The Labute approximate surface area is 375 Å². The largest absolute Gasteiger partial charge is 0.474 e. The summed E-state index contributed by atoms with van der Waals surface area (Å²) >= 11 is 0. The van der Waals surface area contributed by atoms with Gasteiger partial charge in [-0.2, -0.15) is 0 Å². The molecule has 1 aromatic rings. The number of aromatic amines is 1. The first kappa shape index (κ1) is 57.2. The number of ether oxygens (including phenoxy) is 2. The van der Waals surface area contributed by atoms with Gasteiger partial charge in [0.05, 0.1) is 31.3 Å². The summed E-state index contributed by atoms with van der Waals surface area (Å²) in [5, 5.41) is 2.63. The van der Waals surface area contributed by atoms with Crippen LogP contribution < -0.4 is 11.1 Å². The number of imidazole rings is 1. The van der Waals surface area contributed by atoms with E-state index in [0.717, 1.165) is 70.6 Å². The Morgan fingerprint density at radius 3 is 1.66 bits per heavy atom. The molecule has 0 aromatic carbocycles. The molecule has 4 N–H and O–H groups in total. The zero-order chi connectivity index (χ0) is 45.2. The van der Waals surface area contributed by atoms with Crippen LogP contribution in [0.3, 0.4) is 0 Å². The van der Waals surface area contributed by atoms with Gasteiger partial charge < -0.3 is 25.5 Å². The molecule has 1 amide bonds. The second kappa shape index (κ2) is 40.9. The van der Waals surface area contributed by atoms with Crippen LogP contribution >= 0.6 is 7.82 Å². The number of nitrogens with zero attached hydrogens (tertiary/aromatic N) is 1. The zero-order valence-corrected chi connectivity index (χ0v) is 40.0. The lowest BCUT2D eigenvalue weighted by Gasteiger charge is -2.21. The van der Waals surface area contributed by atoms with E-state index in [0.29, 0.717) is 18.5 Å². The first-order valence-electron chi connectivity index (χ1n) is 24.3. The number of H-pyrrole nitrogens is 1. The maximum Gasteiger partial charge on any atom is 0.474 e. The number of nitrogens with one attached hydrogen (secondary N) is 2. The molecule has 3 atom stereocenters. The standard InChI is InChI=1S/C48H87N4O9P/c1-4-6-8-10-12-14-16-18-20-22-24-26-28-30-32-34-46(53)58-40-44(61-47(54)35-33-31-29-27-25-23-21-19-17-15-13-11-9-7-5-2)41-60-62(56,57-3)59-37-36-51-48(55)45(49)38-43-39-50-42-52-43/h18-21,39,42,44-45H,4-17,22-38,40-41,49H2,1-3H3,(H,50,52)(H,51,55)/b20-18-,21-19-. The van der Waals surface area contributed by atoms with Crippen molar-refractivity contribution < 1.29 is 42.0 Å². The lowest BCUT2D eigenvalue weighted by Crippen LogP contribution is -2.43. The van der Waals surface area contributed by atoms with Crippen LogP contribution in [0, 0.1) is 0 Å². The SMILES string of the molecule is CCCCCCCC/C=C\CCCCCCCC(=O)OCC(COP(=O)(OC)OCCNC(=O)C(N)Cc1c[nH]cn1)OC(=O)CCCCCCC/C=C\CCCCCCCC. The van der Waals surface area contributed by atoms with Gasteiger partial charge in [0, 0.05) is 39.1 Å². The van der Waals surface area contributed by atoms with Gasteiger partial charge in [0.25, 0.3) is 0 Å². The summed E-state index contributed by atoms with van der Waals surface area (Å²) in [6.45, 7) is 3.65. The Balaban J connectivity index is 2.45. The molecule has 3 unspecified atom stereocenters. The molecule has 0 bridgehead atoms. The number of hydrogen-bond donors (Lipinski definition) is 3. The van der Waals surface area contributed by atoms with Gasteiger partial charge in [0.15, 0.2) is 6.10 Å². The van der Waals surface area contributed by atoms with Crippen molar-refractivity contribution in [3.8, 4) is 0 Å². The van der Waals surface area contributed by atoms with Gasteiger partial charge >= 0.3 is 19.8 Å². The number of phosphoric ester groups is 1. The normalized spacial score (nSPS) is 13.7. The molecule has 0 aliphatic carbocycles. The van der Waals surface area contributed by atoms with Crippen molar-refractivity contribution in [2.75, 3.05) is 33.5 Å². The minimum Gasteiger partial charge on any atom is -0.462 e. The molecule has 0 saturated heterocycles. The number of carbonyl (C=O) groups is 3. The van der Waals surface area contributed by atoms with E-state index in [1.807, 2.05) is 0 Å². The molecule has 62 heavy (non-hydrogen) atoms. The van der Waals surface area contributed by atoms with Crippen LogP contribution in [0.25, 0.3) is 0 Å². The van der Waals surface area contributed by atoms with E-state index in [2.05, 4.69) is 53.4 Å². The molecule has 0 radical (unpaired) electrons. The average Bonchev–Trinajstić information content (AvgIpc) is 3.79. The highest BCUT2D eigenvalue weighted by Gasteiger charge is 2.29. The smallest absolute Gasteiger partial charge is 0.462 e. The molecule has 0 spiro atoms. The van der Waals surface area contributed by atoms with Crippen LogP contribution in [0.15, 0.2) is 36.8 Å². The van der Waals surface area contributed by atoms with Gasteiger partial charge in [-0.1, -0.05) is 141 Å². The molecule has 14 heteroatoms. The summed E-state index contributed by atoms with van der Waals surface area (Å²) < 4.78 is 40.3. The van der Waals surface area contributed by atoms with E-state index in [-0.39, 0.29) is 45.6 Å². The molecule has 1 heterocycles. The molecule has 13 nitrogen and oxygen atoms in total. The summed E-state index contributed by atoms with van der Waals surface area (Å²) in [4.78, 5) is 44.8. The maximum atomic E-state index is 13.2. The highest BCUT2D eigenvalue weighted by atomic mass is 31.2. The lowest BCUT2D eigenvalue weighted by molar-refractivity contribution is -0.161. The van der Waals surface area contributed by atoms with E-state index >= 15 is 0 Å². The van der Waals surface area contributed by atoms with E-state index in [1.54, 1.807) is 6.20 Å². The Morgan fingerprint density at radius 1 is 0.694 bits per heavy atom. The number of rotatable bonds is 44. The number of unbranched alkanes of at least 4 members (excludes halogenated alkanes) is 22. The van der Waals surface area contributed by atoms with Crippen LogP contribution in [-0.4, -0.2) is 73.4 Å². The topological polar surface area (TPSA) is 181 Å². The van der Waals surface area contributed by atoms with Crippen LogP contribution in [0.2, 0.25) is 0 Å². The fourth-order valence-corrected chi connectivity index (χ4v) is 7.75. The predicted octanol–water partition coefficient (Wildman–Crippen LogP) is 11.7. The van der Waals surface area contributed by atoms with Gasteiger partial charge in [-0.25, -0.2) is 9.55 Å². The molecule has 358 valence electrons. The zero-order valence-electron chi connectivity index (χ0n) is 39.1. The molecule has 1 aromatic heterocycles. The molecule has 0 fully saturated rings. The number of allylic oxidation sites excluding steroid dienone is 4. The summed E-state index contributed by atoms with van der Waals surface area (Å²) in [5.41, 5.74) is 6.61. The first-order valence-corrected chi connectivity index (χ1v) is 25.8. The minimum absolute atomic E-state index is 0.00779. The second-order valence-electron chi connectivity index (χ2n) is 16.4. The summed E-state index contributed by atoms with van der Waals surface area (Å²) in [5.74, 6) is -1.27. The van der Waals surface area contributed by atoms with E-state index in [1.165, 1.54) is 96.9 Å². The molecule has 0 aliphatic heterocycles. The van der Waals surface area contributed by atoms with Crippen molar-refractivity contribution in [2.24, 2.45) is 5.73 Å². The van der Waals surface area contributed by atoms with Crippen molar-refractivity contribution in [1.29, 1.82) is 0 Å². The molecular formula is C48H87N4O9P. The lowest BCUT2D eigenvalue weighted by atomic mass is 10.1. The number of nitrogens with two attached hydrogens (primary N) is 1. The van der Waals surface area contributed by atoms with E-state index in [4.69, 9.17) is 28.8 Å². The van der Waals surface area contributed by atoms with Gasteiger partial charge in [0.2, 0.25) is 5.91 Å². The maximum absolute atomic E-state index is 13.2. The van der Waals surface area contributed by atoms with Gasteiger partial charge in [-0.15, -0.1) is 0 Å². The first-order chi connectivity index (χ1) is 30.2. The van der Waals surface area contributed by atoms with Gasteiger partial charge in [-0.3, -0.25) is 28.0 Å². The molecule has 0 saturated carbocycles. The fraction of sp³-hybridized carbons (Fsp3) is 0.792. The Bertz CT molecular complexity index is 1330. The van der Waals surface area contributed by atoms with Gasteiger partial charge in [-0.05, 0) is 64.2 Å². The number of aromatic nitrogens is 2. The monoisotopic (exact) mass is 895 g/mol. The van der Waals surface area contributed by atoms with Crippen molar-refractivity contribution in [2.45, 2.75) is 212 Å². The molecular weight excluding hydrogens is 808 g/mol. The Morgan fingerprint density at radius 2 is 1.18 bits per heavy atom. The number of carbonyl (C=O) groups excluding carboxylic acids is 3. The average molecular weight is 895 g/mol. The van der Waals surface area contributed by atoms with Crippen molar-refractivity contribution >= 4 is 25.7 Å². The summed E-state index contributed by atoms with van der Waals surface area (Å²) in [7, 11) is -2.94. The number of amides is 1. The van der Waals surface area contributed by atoms with Crippen molar-refractivity contribution in [3.63, 3.8) is 0 Å². The predicted molar refractivity (Wildman–Crippen MR) is 250 cm³/mol. The minimum atomic E-state index is -4.11. The molecule has 1 rings (SSSR count).